The zero-order valence-corrected chi connectivity index (χ0v) is 13.7. The van der Waals surface area contributed by atoms with Crippen molar-refractivity contribution in [3.05, 3.63) is 78.8 Å². The Labute approximate surface area is 141 Å². The van der Waals surface area contributed by atoms with Crippen LogP contribution < -0.4 is 0 Å². The molecular formula is C19H21N3O2. The fourth-order valence-electron chi connectivity index (χ4n) is 2.29. The van der Waals surface area contributed by atoms with Gasteiger partial charge in [0.05, 0.1) is 11.6 Å². The summed E-state index contributed by atoms with van der Waals surface area (Å²) in [6, 6.07) is 7.37. The predicted molar refractivity (Wildman–Crippen MR) is 93.9 cm³/mol. The third kappa shape index (κ3) is 4.52. The predicted octanol–water partition coefficient (Wildman–Crippen LogP) is 3.59. The molecule has 0 radical (unpaired) electrons. The van der Waals surface area contributed by atoms with Gasteiger partial charge >= 0.3 is 5.97 Å². The number of rotatable bonds is 8. The molecule has 0 aromatic carbocycles. The smallest absolute Gasteiger partial charge is 0.311 e. The molecule has 0 saturated heterocycles. The molecule has 2 heterocycles. The molecule has 2 rings (SSSR count). The van der Waals surface area contributed by atoms with Crippen LogP contribution in [0.5, 0.6) is 0 Å². The quantitative estimate of drug-likeness (QED) is 0.754. The number of carbonyl (C=O) groups is 1. The minimum atomic E-state index is -0.890. The first kappa shape index (κ1) is 17.4. The van der Waals surface area contributed by atoms with Crippen molar-refractivity contribution in [2.75, 3.05) is 0 Å². The Morgan fingerprint density at radius 2 is 2.25 bits per heavy atom. The highest BCUT2D eigenvalue weighted by molar-refractivity contribution is 5.75. The highest BCUT2D eigenvalue weighted by Gasteiger charge is 2.22. The molecule has 2 aromatic rings. The summed E-state index contributed by atoms with van der Waals surface area (Å²) in [6.07, 6.45) is 11.9. The summed E-state index contributed by atoms with van der Waals surface area (Å²) >= 11 is 0. The van der Waals surface area contributed by atoms with Gasteiger partial charge in [-0.3, -0.25) is 4.79 Å². The largest absolute Gasteiger partial charge is 0.481 e. The van der Waals surface area contributed by atoms with E-state index in [1.165, 1.54) is 0 Å². The van der Waals surface area contributed by atoms with Gasteiger partial charge in [0.1, 0.15) is 0 Å². The highest BCUT2D eigenvalue weighted by atomic mass is 16.4. The van der Waals surface area contributed by atoms with E-state index < -0.39 is 11.9 Å². The van der Waals surface area contributed by atoms with Gasteiger partial charge in [-0.1, -0.05) is 43.9 Å². The minimum absolute atomic E-state index is 0.299. The number of nitrogens with zero attached hydrogens (tertiary/aromatic N) is 3. The maximum absolute atomic E-state index is 11.7. The van der Waals surface area contributed by atoms with E-state index in [0.717, 1.165) is 6.42 Å². The Morgan fingerprint density at radius 3 is 2.88 bits per heavy atom. The van der Waals surface area contributed by atoms with Crippen LogP contribution in [-0.4, -0.2) is 25.8 Å². The van der Waals surface area contributed by atoms with Crippen molar-refractivity contribution in [2.24, 2.45) is 5.92 Å². The molecule has 0 bridgehead atoms. The maximum atomic E-state index is 11.7. The van der Waals surface area contributed by atoms with Gasteiger partial charge in [-0.2, -0.15) is 5.10 Å². The first-order valence-electron chi connectivity index (χ1n) is 7.83. The fraction of sp³-hybridized carbons (Fsp3) is 0.211. The number of carboxylic acids is 1. The van der Waals surface area contributed by atoms with Gasteiger partial charge in [0.15, 0.2) is 5.82 Å². The third-order valence-corrected chi connectivity index (χ3v) is 3.54. The molecule has 0 saturated carbocycles. The molecule has 0 aliphatic rings. The molecule has 5 heteroatoms. The molecule has 24 heavy (non-hydrogen) atoms. The van der Waals surface area contributed by atoms with Crippen LogP contribution in [0.3, 0.4) is 0 Å². The van der Waals surface area contributed by atoms with Crippen molar-refractivity contribution in [1.82, 2.24) is 14.8 Å². The Morgan fingerprint density at radius 1 is 1.42 bits per heavy atom. The van der Waals surface area contributed by atoms with Gasteiger partial charge in [0.25, 0.3) is 0 Å². The summed E-state index contributed by atoms with van der Waals surface area (Å²) in [4.78, 5) is 15.9. The van der Waals surface area contributed by atoms with E-state index >= 15 is 0 Å². The van der Waals surface area contributed by atoms with Crippen molar-refractivity contribution in [3.63, 3.8) is 0 Å². The van der Waals surface area contributed by atoms with Crippen molar-refractivity contribution < 1.29 is 9.90 Å². The first-order valence-corrected chi connectivity index (χ1v) is 7.83. The lowest BCUT2D eigenvalue weighted by Crippen LogP contribution is -2.18. The monoisotopic (exact) mass is 323 g/mol. The first-order chi connectivity index (χ1) is 11.7. The molecule has 0 amide bonds. The topological polar surface area (TPSA) is 68.0 Å². The zero-order valence-electron chi connectivity index (χ0n) is 13.7. The lowest BCUT2D eigenvalue weighted by Gasteiger charge is -2.11. The SMILES string of the molecule is C=C/C(=C\C=C/CC)C(Cc1ccn(-c2ccccn2)n1)C(=O)O. The average molecular weight is 323 g/mol. The van der Waals surface area contributed by atoms with E-state index in [0.29, 0.717) is 23.5 Å². The number of hydrogen-bond donors (Lipinski definition) is 1. The summed E-state index contributed by atoms with van der Waals surface area (Å²) in [5.41, 5.74) is 1.36. The molecule has 2 aromatic heterocycles. The van der Waals surface area contributed by atoms with Gasteiger partial charge in [-0.25, -0.2) is 9.67 Å². The number of carboxylic acid groups (broad SMARTS) is 1. The lowest BCUT2D eigenvalue weighted by atomic mass is 9.93. The molecule has 1 unspecified atom stereocenters. The molecule has 0 aliphatic heterocycles. The van der Waals surface area contributed by atoms with Crippen LogP contribution in [0.25, 0.3) is 5.82 Å². The van der Waals surface area contributed by atoms with E-state index in [4.69, 9.17) is 0 Å². The van der Waals surface area contributed by atoms with Gasteiger partial charge in [0.2, 0.25) is 0 Å². The lowest BCUT2D eigenvalue weighted by molar-refractivity contribution is -0.140. The maximum Gasteiger partial charge on any atom is 0.311 e. The van der Waals surface area contributed by atoms with Gasteiger partial charge < -0.3 is 5.11 Å². The number of allylic oxidation sites excluding steroid dienone is 4. The van der Waals surface area contributed by atoms with Gasteiger partial charge in [-0.05, 0) is 30.2 Å². The Bertz CT molecular complexity index is 745. The molecule has 1 N–H and O–H groups in total. The normalized spacial score (nSPS) is 13.1. The Hall–Kier alpha value is -2.95. The van der Waals surface area contributed by atoms with E-state index in [2.05, 4.69) is 16.7 Å². The van der Waals surface area contributed by atoms with Crippen molar-refractivity contribution in [1.29, 1.82) is 0 Å². The summed E-state index contributed by atoms with van der Waals surface area (Å²) in [5.74, 6) is -0.879. The van der Waals surface area contributed by atoms with Crippen molar-refractivity contribution in [3.8, 4) is 5.82 Å². The molecular weight excluding hydrogens is 302 g/mol. The van der Waals surface area contributed by atoms with Crippen LogP contribution in [0, 0.1) is 5.92 Å². The molecule has 0 fully saturated rings. The number of pyridine rings is 1. The Kier molecular flexibility index (Phi) is 6.25. The third-order valence-electron chi connectivity index (χ3n) is 3.54. The zero-order chi connectivity index (χ0) is 17.4. The van der Waals surface area contributed by atoms with Crippen LogP contribution in [-0.2, 0) is 11.2 Å². The van der Waals surface area contributed by atoms with E-state index in [1.54, 1.807) is 29.2 Å². The number of aliphatic carboxylic acids is 1. The van der Waals surface area contributed by atoms with Crippen LogP contribution in [0.1, 0.15) is 19.0 Å². The van der Waals surface area contributed by atoms with Gasteiger partial charge in [0, 0.05) is 18.8 Å². The molecule has 1 atom stereocenters. The van der Waals surface area contributed by atoms with Gasteiger partial charge in [-0.15, -0.1) is 0 Å². The standard InChI is InChI=1S/C19H21N3O2/c1-3-5-6-9-15(4-2)17(19(23)24)14-16-11-13-22(21-16)18-10-7-8-12-20-18/h4-13,17H,2-3,14H2,1H3,(H,23,24)/b6-5-,15-9+. The molecule has 0 spiro atoms. The van der Waals surface area contributed by atoms with E-state index in [1.807, 2.05) is 43.3 Å². The average Bonchev–Trinajstić information content (AvgIpc) is 3.06. The second-order valence-electron chi connectivity index (χ2n) is 5.24. The summed E-state index contributed by atoms with van der Waals surface area (Å²) in [6.45, 7) is 5.76. The highest BCUT2D eigenvalue weighted by Crippen LogP contribution is 2.19. The van der Waals surface area contributed by atoms with Crippen molar-refractivity contribution >= 4 is 5.97 Å². The molecule has 0 aliphatic carbocycles. The molecule has 124 valence electrons. The van der Waals surface area contributed by atoms with Crippen LogP contribution in [0.15, 0.2) is 73.1 Å². The second-order valence-corrected chi connectivity index (χ2v) is 5.24. The summed E-state index contributed by atoms with van der Waals surface area (Å²) < 4.78 is 1.64. The van der Waals surface area contributed by atoms with E-state index in [-0.39, 0.29) is 0 Å². The fourth-order valence-corrected chi connectivity index (χ4v) is 2.29. The van der Waals surface area contributed by atoms with Crippen LogP contribution >= 0.6 is 0 Å². The molecule has 5 nitrogen and oxygen atoms in total. The minimum Gasteiger partial charge on any atom is -0.481 e. The summed E-state index contributed by atoms with van der Waals surface area (Å²) in [7, 11) is 0. The summed E-state index contributed by atoms with van der Waals surface area (Å²) in [5, 5.41) is 14.0. The van der Waals surface area contributed by atoms with E-state index in [9.17, 15) is 9.90 Å². The van der Waals surface area contributed by atoms with Crippen molar-refractivity contribution in [2.45, 2.75) is 19.8 Å². The Balaban J connectivity index is 2.21. The van der Waals surface area contributed by atoms with Crippen LogP contribution in [0.2, 0.25) is 0 Å². The number of aromatic nitrogens is 3. The van der Waals surface area contributed by atoms with Crippen LogP contribution in [0.4, 0.5) is 0 Å². The number of hydrogen-bond acceptors (Lipinski definition) is 3. The second kappa shape index (κ2) is 8.62.